The topological polar surface area (TPSA) is 37.3 Å². The second-order valence-corrected chi connectivity index (χ2v) is 8.52. The van der Waals surface area contributed by atoms with Crippen molar-refractivity contribution < 1.29 is 9.90 Å². The first-order valence-corrected chi connectivity index (χ1v) is 10.9. The number of aryl methyl sites for hydroxylation is 1. The molecule has 5 aromatic rings. The van der Waals surface area contributed by atoms with Gasteiger partial charge in [-0.2, -0.15) is 0 Å². The summed E-state index contributed by atoms with van der Waals surface area (Å²) in [5.41, 5.74) is 4.05. The van der Waals surface area contributed by atoms with Gasteiger partial charge >= 0.3 is 5.97 Å². The summed E-state index contributed by atoms with van der Waals surface area (Å²) in [5, 5.41) is 17.2. The van der Waals surface area contributed by atoms with E-state index in [-0.39, 0.29) is 5.92 Å². The molecule has 31 heavy (non-hydrogen) atoms. The molecular weight excluding hydrogens is 380 g/mol. The summed E-state index contributed by atoms with van der Waals surface area (Å²) in [6.07, 6.45) is 3.08. The highest BCUT2D eigenvalue weighted by Gasteiger charge is 2.29. The highest BCUT2D eigenvalue weighted by atomic mass is 16.4. The van der Waals surface area contributed by atoms with E-state index in [9.17, 15) is 9.90 Å². The number of hydrogen-bond acceptors (Lipinski definition) is 1. The summed E-state index contributed by atoms with van der Waals surface area (Å²) in [5.74, 6) is -0.774. The van der Waals surface area contributed by atoms with Crippen molar-refractivity contribution >= 4 is 38.3 Å². The summed E-state index contributed by atoms with van der Waals surface area (Å²) in [6, 6.07) is 29.3. The van der Waals surface area contributed by atoms with E-state index in [2.05, 4.69) is 60.7 Å². The summed E-state index contributed by atoms with van der Waals surface area (Å²) in [6.45, 7) is 0. The van der Waals surface area contributed by atoms with E-state index in [1.54, 1.807) is 6.07 Å². The Morgan fingerprint density at radius 1 is 0.677 bits per heavy atom. The number of carboxylic acid groups (broad SMARTS) is 1. The van der Waals surface area contributed by atoms with Crippen molar-refractivity contribution in [2.45, 2.75) is 25.2 Å². The van der Waals surface area contributed by atoms with Crippen molar-refractivity contribution in [3.63, 3.8) is 0 Å². The Morgan fingerprint density at radius 3 is 2.16 bits per heavy atom. The molecule has 0 radical (unpaired) electrons. The second kappa shape index (κ2) is 6.95. The Balaban J connectivity index is 1.71. The third-order valence-corrected chi connectivity index (χ3v) is 6.89. The zero-order valence-electron chi connectivity index (χ0n) is 17.1. The average Bonchev–Trinajstić information content (AvgIpc) is 2.82. The molecule has 0 amide bonds. The molecule has 0 spiro atoms. The van der Waals surface area contributed by atoms with Crippen molar-refractivity contribution in [1.82, 2.24) is 0 Å². The zero-order chi connectivity index (χ0) is 20.9. The van der Waals surface area contributed by atoms with Crippen LogP contribution < -0.4 is 0 Å². The molecule has 150 valence electrons. The van der Waals surface area contributed by atoms with Crippen LogP contribution in [0, 0.1) is 0 Å². The molecule has 0 aliphatic heterocycles. The van der Waals surface area contributed by atoms with E-state index >= 15 is 0 Å². The fourth-order valence-electron chi connectivity index (χ4n) is 5.57. The number of carboxylic acids is 1. The Labute approximate surface area is 180 Å². The minimum absolute atomic E-state index is 0.0748. The van der Waals surface area contributed by atoms with Gasteiger partial charge in [0.25, 0.3) is 0 Å². The fourth-order valence-corrected chi connectivity index (χ4v) is 5.57. The van der Waals surface area contributed by atoms with Crippen LogP contribution in [0.5, 0.6) is 0 Å². The predicted octanol–water partition coefficient (Wildman–Crippen LogP) is 7.31. The summed E-state index contributed by atoms with van der Waals surface area (Å²) >= 11 is 0. The number of hydrogen-bond donors (Lipinski definition) is 1. The van der Waals surface area contributed by atoms with Crippen molar-refractivity contribution in [1.29, 1.82) is 0 Å². The fraction of sp³-hybridized carbons (Fsp3) is 0.138. The van der Waals surface area contributed by atoms with Crippen LogP contribution in [0.25, 0.3) is 32.3 Å². The van der Waals surface area contributed by atoms with Crippen LogP contribution in [0.1, 0.15) is 45.8 Å². The highest BCUT2D eigenvalue weighted by molar-refractivity contribution is 6.09. The zero-order valence-corrected chi connectivity index (χ0v) is 17.1. The lowest BCUT2D eigenvalue weighted by molar-refractivity contribution is 0.0695. The highest BCUT2D eigenvalue weighted by Crippen LogP contribution is 2.45. The maximum absolute atomic E-state index is 12.3. The van der Waals surface area contributed by atoms with Gasteiger partial charge < -0.3 is 5.11 Å². The van der Waals surface area contributed by atoms with Gasteiger partial charge in [-0.3, -0.25) is 0 Å². The lowest BCUT2D eigenvalue weighted by Gasteiger charge is -2.30. The summed E-state index contributed by atoms with van der Waals surface area (Å²) in [4.78, 5) is 12.3. The van der Waals surface area contributed by atoms with Gasteiger partial charge in [0.15, 0.2) is 0 Å². The van der Waals surface area contributed by atoms with E-state index in [1.807, 2.05) is 18.2 Å². The van der Waals surface area contributed by atoms with Gasteiger partial charge in [-0.05, 0) is 74.3 Å². The molecule has 5 aromatic carbocycles. The maximum Gasteiger partial charge on any atom is 0.336 e. The van der Waals surface area contributed by atoms with E-state index < -0.39 is 5.97 Å². The normalized spacial score (nSPS) is 15.9. The van der Waals surface area contributed by atoms with E-state index in [0.717, 1.165) is 35.6 Å². The molecule has 0 saturated carbocycles. The van der Waals surface area contributed by atoms with Gasteiger partial charge in [0, 0.05) is 5.92 Å². The third-order valence-electron chi connectivity index (χ3n) is 6.89. The van der Waals surface area contributed by atoms with Gasteiger partial charge in [-0.15, -0.1) is 0 Å². The molecule has 1 aliphatic rings. The first-order chi connectivity index (χ1) is 15.2. The largest absolute Gasteiger partial charge is 0.478 e. The quantitative estimate of drug-likeness (QED) is 0.314. The number of carbonyl (C=O) groups is 1. The van der Waals surface area contributed by atoms with Crippen molar-refractivity contribution in [2.75, 3.05) is 0 Å². The third kappa shape index (κ3) is 2.75. The Morgan fingerprint density at radius 2 is 1.35 bits per heavy atom. The number of rotatable bonds is 2. The number of aromatic carboxylic acids is 1. The van der Waals surface area contributed by atoms with E-state index in [1.165, 1.54) is 32.7 Å². The molecular formula is C29H22O2. The van der Waals surface area contributed by atoms with Crippen LogP contribution in [0.4, 0.5) is 0 Å². The lowest BCUT2D eigenvalue weighted by atomic mass is 9.74. The van der Waals surface area contributed by atoms with Gasteiger partial charge in [-0.1, -0.05) is 78.9 Å². The SMILES string of the molecule is O=C(O)c1ccc2ccccc2c1C1CCCc2ccc3c(ccc4ccccc43)c21. The Bertz CT molecular complexity index is 1500. The second-order valence-electron chi connectivity index (χ2n) is 8.52. The first-order valence-electron chi connectivity index (χ1n) is 10.9. The van der Waals surface area contributed by atoms with E-state index in [4.69, 9.17) is 0 Å². The summed E-state index contributed by atoms with van der Waals surface area (Å²) in [7, 11) is 0. The minimum atomic E-state index is -0.849. The monoisotopic (exact) mass is 402 g/mol. The van der Waals surface area contributed by atoms with Crippen LogP contribution in [-0.4, -0.2) is 11.1 Å². The molecule has 1 atom stereocenters. The first kappa shape index (κ1) is 18.1. The molecule has 0 saturated heterocycles. The number of benzene rings is 5. The van der Waals surface area contributed by atoms with Gasteiger partial charge in [0.05, 0.1) is 5.56 Å². The van der Waals surface area contributed by atoms with Crippen molar-refractivity contribution in [2.24, 2.45) is 0 Å². The Kier molecular flexibility index (Phi) is 4.07. The summed E-state index contributed by atoms with van der Waals surface area (Å²) < 4.78 is 0. The molecule has 0 heterocycles. The molecule has 6 rings (SSSR count). The van der Waals surface area contributed by atoms with Crippen LogP contribution >= 0.6 is 0 Å². The van der Waals surface area contributed by atoms with E-state index in [0.29, 0.717) is 5.56 Å². The molecule has 0 fully saturated rings. The van der Waals surface area contributed by atoms with Gasteiger partial charge in [0.1, 0.15) is 0 Å². The van der Waals surface area contributed by atoms with Gasteiger partial charge in [0.2, 0.25) is 0 Å². The van der Waals surface area contributed by atoms with Crippen LogP contribution in [-0.2, 0) is 6.42 Å². The van der Waals surface area contributed by atoms with Crippen molar-refractivity contribution in [3.05, 3.63) is 107 Å². The number of fused-ring (bicyclic) bond motifs is 6. The standard InChI is InChI=1S/C29H22O2/c30-29(31)26-17-13-19-7-2-4-10-22(19)28(26)25-11-5-8-20-14-15-23-21-9-3-1-6-18(21)12-16-24(23)27(20)25/h1-4,6-7,9-10,12-17,25H,5,8,11H2,(H,30,31). The maximum atomic E-state index is 12.3. The molecule has 2 heteroatoms. The average molecular weight is 402 g/mol. The minimum Gasteiger partial charge on any atom is -0.478 e. The van der Waals surface area contributed by atoms with Gasteiger partial charge in [-0.25, -0.2) is 4.79 Å². The van der Waals surface area contributed by atoms with Crippen molar-refractivity contribution in [3.8, 4) is 0 Å². The van der Waals surface area contributed by atoms with Crippen LogP contribution in [0.3, 0.4) is 0 Å². The molecule has 2 nitrogen and oxygen atoms in total. The lowest BCUT2D eigenvalue weighted by Crippen LogP contribution is -2.16. The molecule has 1 N–H and O–H groups in total. The molecule has 1 unspecified atom stereocenters. The Hall–Kier alpha value is -3.65. The molecule has 1 aliphatic carbocycles. The van der Waals surface area contributed by atoms with Crippen LogP contribution in [0.2, 0.25) is 0 Å². The predicted molar refractivity (Wildman–Crippen MR) is 127 cm³/mol. The smallest absolute Gasteiger partial charge is 0.336 e. The molecule has 0 bridgehead atoms. The van der Waals surface area contributed by atoms with Crippen LogP contribution in [0.15, 0.2) is 84.9 Å². The molecule has 0 aromatic heterocycles.